The lowest BCUT2D eigenvalue weighted by Gasteiger charge is -2.40. The first-order chi connectivity index (χ1) is 17.7. The molecule has 0 spiro atoms. The standard InChI is InChI=1S/C26H30F3N5O3S/c1-15-10-16(12-17(11-15)32-22-30-8-6-19(33-22)26(27,28)29)18-14-31-21(38-18)25(37)7-5-9-34(23(35)36)20(13-25)24(2,3)4/h6,8,10-12,14,20,37H,5,7,9,13H2,1-4H3,(H,35,36)(H,30,32,33)/t20?,25-/m1/s1. The lowest BCUT2D eigenvalue weighted by Crippen LogP contribution is -2.48. The molecule has 204 valence electrons. The van der Waals surface area contributed by atoms with E-state index in [0.717, 1.165) is 28.3 Å². The van der Waals surface area contributed by atoms with Gasteiger partial charge >= 0.3 is 12.3 Å². The third-order valence-electron chi connectivity index (χ3n) is 6.61. The summed E-state index contributed by atoms with van der Waals surface area (Å²) in [6, 6.07) is 5.85. The molecule has 0 radical (unpaired) electrons. The Kier molecular flexibility index (Phi) is 7.41. The van der Waals surface area contributed by atoms with E-state index in [1.165, 1.54) is 16.2 Å². The van der Waals surface area contributed by atoms with Crippen LogP contribution in [0.3, 0.4) is 0 Å². The summed E-state index contributed by atoms with van der Waals surface area (Å²) in [7, 11) is 0. The second-order valence-electron chi connectivity index (χ2n) is 10.7. The van der Waals surface area contributed by atoms with E-state index in [1.807, 2.05) is 33.8 Å². The normalized spacial score (nSPS) is 20.7. The Bertz CT molecular complexity index is 1320. The monoisotopic (exact) mass is 549 g/mol. The van der Waals surface area contributed by atoms with Crippen molar-refractivity contribution in [3.8, 4) is 10.4 Å². The van der Waals surface area contributed by atoms with E-state index in [4.69, 9.17) is 0 Å². The second-order valence-corrected chi connectivity index (χ2v) is 11.7. The van der Waals surface area contributed by atoms with Gasteiger partial charge in [-0.05, 0) is 54.5 Å². The van der Waals surface area contributed by atoms with Gasteiger partial charge < -0.3 is 20.4 Å². The van der Waals surface area contributed by atoms with Crippen LogP contribution in [0.2, 0.25) is 0 Å². The lowest BCUT2D eigenvalue weighted by molar-refractivity contribution is -0.141. The number of aromatic nitrogens is 3. The molecule has 2 aromatic heterocycles. The summed E-state index contributed by atoms with van der Waals surface area (Å²) in [6.07, 6.45) is -1.77. The fraction of sp³-hybridized carbons (Fsp3) is 0.462. The molecule has 3 aromatic rings. The van der Waals surface area contributed by atoms with E-state index < -0.39 is 29.6 Å². The molecule has 1 saturated heterocycles. The van der Waals surface area contributed by atoms with Crippen molar-refractivity contribution in [3.63, 3.8) is 0 Å². The third kappa shape index (κ3) is 6.07. The van der Waals surface area contributed by atoms with Crippen LogP contribution in [0.25, 0.3) is 10.4 Å². The van der Waals surface area contributed by atoms with E-state index in [-0.39, 0.29) is 17.8 Å². The number of nitrogens with zero attached hydrogens (tertiary/aromatic N) is 4. The van der Waals surface area contributed by atoms with E-state index in [0.29, 0.717) is 30.1 Å². The van der Waals surface area contributed by atoms with E-state index in [1.54, 1.807) is 18.3 Å². The van der Waals surface area contributed by atoms with E-state index in [9.17, 15) is 28.2 Å². The summed E-state index contributed by atoms with van der Waals surface area (Å²) < 4.78 is 39.1. The number of thiazole rings is 1. The molecule has 2 atom stereocenters. The maximum atomic E-state index is 13.0. The minimum Gasteiger partial charge on any atom is -0.465 e. The fourth-order valence-electron chi connectivity index (χ4n) is 4.75. The summed E-state index contributed by atoms with van der Waals surface area (Å²) in [5.74, 6) is -0.176. The molecule has 0 bridgehead atoms. The average molecular weight is 550 g/mol. The number of hydrogen-bond acceptors (Lipinski definition) is 7. The smallest absolute Gasteiger partial charge is 0.433 e. The lowest BCUT2D eigenvalue weighted by atomic mass is 9.79. The number of anilines is 2. The number of halogens is 3. The molecule has 38 heavy (non-hydrogen) atoms. The van der Waals surface area contributed by atoms with Gasteiger partial charge in [0.2, 0.25) is 5.95 Å². The van der Waals surface area contributed by atoms with E-state index >= 15 is 0 Å². The van der Waals surface area contributed by atoms with Crippen LogP contribution >= 0.6 is 11.3 Å². The zero-order valence-electron chi connectivity index (χ0n) is 21.5. The summed E-state index contributed by atoms with van der Waals surface area (Å²) >= 11 is 1.32. The Morgan fingerprint density at radius 1 is 1.21 bits per heavy atom. The van der Waals surface area contributed by atoms with Crippen LogP contribution in [0.5, 0.6) is 0 Å². The van der Waals surface area contributed by atoms with Crippen LogP contribution < -0.4 is 5.32 Å². The Morgan fingerprint density at radius 2 is 1.95 bits per heavy atom. The van der Waals surface area contributed by atoms with Gasteiger partial charge in [0.1, 0.15) is 16.3 Å². The number of benzene rings is 1. The summed E-state index contributed by atoms with van der Waals surface area (Å²) in [5, 5.41) is 24.8. The number of nitrogens with one attached hydrogen (secondary N) is 1. The van der Waals surface area contributed by atoms with Crippen LogP contribution in [-0.4, -0.2) is 48.7 Å². The minimum absolute atomic E-state index is 0.176. The predicted octanol–water partition coefficient (Wildman–Crippen LogP) is 6.44. The number of aryl methyl sites for hydroxylation is 1. The Morgan fingerprint density at radius 3 is 2.61 bits per heavy atom. The highest BCUT2D eigenvalue weighted by Crippen LogP contribution is 2.44. The molecule has 12 heteroatoms. The van der Waals surface area contributed by atoms with Gasteiger partial charge in [-0.2, -0.15) is 13.2 Å². The van der Waals surface area contributed by atoms with E-state index in [2.05, 4.69) is 20.3 Å². The van der Waals surface area contributed by atoms with Gasteiger partial charge in [0.05, 0.1) is 4.88 Å². The highest BCUT2D eigenvalue weighted by Gasteiger charge is 2.45. The van der Waals surface area contributed by atoms with Gasteiger partial charge in [-0.25, -0.2) is 19.7 Å². The summed E-state index contributed by atoms with van der Waals surface area (Å²) in [4.78, 5) is 26.1. The maximum absolute atomic E-state index is 13.0. The van der Waals surface area contributed by atoms with Crippen molar-refractivity contribution in [2.45, 2.75) is 64.8 Å². The molecular formula is C26H30F3N5O3S. The largest absolute Gasteiger partial charge is 0.465 e. The number of hydrogen-bond donors (Lipinski definition) is 3. The van der Waals surface area contributed by atoms with Gasteiger partial charge in [-0.15, -0.1) is 11.3 Å². The van der Waals surface area contributed by atoms with Gasteiger partial charge in [-0.3, -0.25) is 0 Å². The number of aliphatic hydroxyl groups is 1. The predicted molar refractivity (Wildman–Crippen MR) is 138 cm³/mol. The molecule has 1 unspecified atom stereocenters. The van der Waals surface area contributed by atoms with Crippen molar-refractivity contribution < 1.29 is 28.2 Å². The Hall–Kier alpha value is -3.25. The number of amides is 1. The Balaban J connectivity index is 1.62. The minimum atomic E-state index is -4.58. The van der Waals surface area contributed by atoms with Crippen molar-refractivity contribution in [2.24, 2.45) is 5.41 Å². The molecule has 1 fully saturated rings. The van der Waals surface area contributed by atoms with Crippen LogP contribution in [0.1, 0.15) is 56.3 Å². The molecule has 0 saturated carbocycles. The van der Waals surface area contributed by atoms with Crippen molar-refractivity contribution >= 4 is 29.1 Å². The van der Waals surface area contributed by atoms with Crippen LogP contribution in [0, 0.1) is 12.3 Å². The number of alkyl halides is 3. The Labute approximate surface area is 222 Å². The second kappa shape index (κ2) is 10.1. The van der Waals surface area contributed by atoms with Crippen LogP contribution in [0.4, 0.5) is 29.6 Å². The highest BCUT2D eigenvalue weighted by molar-refractivity contribution is 7.15. The van der Waals surface area contributed by atoms with Crippen molar-refractivity contribution in [1.82, 2.24) is 19.9 Å². The molecule has 4 rings (SSSR count). The molecule has 0 aliphatic carbocycles. The fourth-order valence-corrected chi connectivity index (χ4v) is 5.78. The maximum Gasteiger partial charge on any atom is 0.433 e. The molecule has 3 heterocycles. The van der Waals surface area contributed by atoms with Crippen molar-refractivity contribution in [3.05, 3.63) is 52.9 Å². The number of rotatable bonds is 4. The first-order valence-electron chi connectivity index (χ1n) is 12.1. The molecule has 1 aliphatic rings. The highest BCUT2D eigenvalue weighted by atomic mass is 32.1. The molecule has 1 amide bonds. The van der Waals surface area contributed by atoms with Crippen molar-refractivity contribution in [2.75, 3.05) is 11.9 Å². The molecule has 1 aliphatic heterocycles. The van der Waals surface area contributed by atoms with Gasteiger partial charge in [0.25, 0.3) is 0 Å². The molecule has 3 N–H and O–H groups in total. The number of carbonyl (C=O) groups is 1. The van der Waals surface area contributed by atoms with Gasteiger partial charge in [0.15, 0.2) is 0 Å². The summed E-state index contributed by atoms with van der Waals surface area (Å²) in [5.41, 5.74) is -0.597. The van der Waals surface area contributed by atoms with Crippen molar-refractivity contribution in [1.29, 1.82) is 0 Å². The average Bonchev–Trinajstić information content (AvgIpc) is 3.23. The number of likely N-dealkylation sites (tertiary alicyclic amines) is 1. The SMILES string of the molecule is Cc1cc(Nc2nccc(C(F)(F)F)n2)cc(-c2cnc([C@@]3(O)CCCN(C(=O)O)C(C(C)(C)C)C3)s2)c1. The molecule has 1 aromatic carbocycles. The third-order valence-corrected chi connectivity index (χ3v) is 7.85. The van der Waals surface area contributed by atoms with Crippen LogP contribution in [-0.2, 0) is 11.8 Å². The number of carboxylic acid groups (broad SMARTS) is 1. The van der Waals surface area contributed by atoms with Crippen LogP contribution in [0.15, 0.2) is 36.7 Å². The van der Waals surface area contributed by atoms with Gasteiger partial charge in [-0.1, -0.05) is 26.8 Å². The quantitative estimate of drug-likeness (QED) is 0.344. The molecular weight excluding hydrogens is 519 g/mol. The zero-order chi connectivity index (χ0) is 27.9. The topological polar surface area (TPSA) is 111 Å². The first-order valence-corrected chi connectivity index (χ1v) is 12.9. The first kappa shape index (κ1) is 27.8. The summed E-state index contributed by atoms with van der Waals surface area (Å²) in [6.45, 7) is 8.07. The zero-order valence-corrected chi connectivity index (χ0v) is 22.3. The van der Waals surface area contributed by atoms with Gasteiger partial charge in [0, 0.05) is 37.1 Å². The molecule has 8 nitrogen and oxygen atoms in total.